The summed E-state index contributed by atoms with van der Waals surface area (Å²) in [5.41, 5.74) is 7.67. The number of nitrogens with zero attached hydrogens (tertiary/aromatic N) is 9. The van der Waals surface area contributed by atoms with Gasteiger partial charge < -0.3 is 53.0 Å². The Bertz CT molecular complexity index is 5140. The second-order valence-electron chi connectivity index (χ2n) is 26.3. The highest BCUT2D eigenvalue weighted by Crippen LogP contribution is 2.51. The van der Waals surface area contributed by atoms with Crippen molar-refractivity contribution in [1.82, 2.24) is 28.7 Å². The average Bonchev–Trinajstić information content (AvgIpc) is 1.57. The fourth-order valence-electron chi connectivity index (χ4n) is 15.5. The molecule has 0 aliphatic carbocycles. The van der Waals surface area contributed by atoms with Crippen molar-refractivity contribution in [3.63, 3.8) is 0 Å². The number of ether oxygens (including phenoxy) is 7. The van der Waals surface area contributed by atoms with Crippen molar-refractivity contribution in [2.75, 3.05) is 87.9 Å². The summed E-state index contributed by atoms with van der Waals surface area (Å²) < 4.78 is 43.5. The Morgan fingerprint density at radius 1 is 0.431 bits per heavy atom. The monoisotopic (exact) mass is 1590 g/mol. The molecule has 9 aliphatic heterocycles. The SMILES string of the molecule is CC(=O)OCOc1c2n(ccc1=O)N([C@@H]1c3ccccc3SCc3cccc(Cl)c31)[C@@H]1COCCN1C2=O.CC(=O)OCOc1c2n(ccc1=O)N([C@@H]1c3ccccc3SCc3cccc(Cl)c31)[C@@H]1COCCN1C2=O.O=C1c2c(O)c(=O)ccn2N([C@@H]2c3ccccc3SCc3cccc(Cl)c32)[C@@H]2COCCN12. The van der Waals surface area contributed by atoms with Crippen molar-refractivity contribution >= 4 is 99.7 Å². The molecule has 12 heterocycles. The molecule has 6 aromatic carbocycles. The lowest BCUT2D eigenvalue weighted by atomic mass is 9.93. The molecule has 3 fully saturated rings. The molecular formula is C78H68Cl3N9O16S3. The van der Waals surface area contributed by atoms with E-state index in [1.807, 2.05) is 87.8 Å². The quantitative estimate of drug-likeness (QED) is 0.104. The number of rotatable bonds is 9. The van der Waals surface area contributed by atoms with Crippen LogP contribution in [-0.2, 0) is 50.5 Å². The molecule has 0 saturated carbocycles. The van der Waals surface area contributed by atoms with Gasteiger partial charge in [-0.15, -0.1) is 35.3 Å². The largest absolute Gasteiger partial charge is 0.502 e. The van der Waals surface area contributed by atoms with Gasteiger partial charge in [0, 0.05) is 134 Å². The number of pyridine rings is 3. The number of hydrogen-bond acceptors (Lipinski definition) is 22. The van der Waals surface area contributed by atoms with Gasteiger partial charge in [-0.2, -0.15) is 0 Å². The van der Waals surface area contributed by atoms with Crippen molar-refractivity contribution < 1.29 is 62.2 Å². The van der Waals surface area contributed by atoms with Crippen LogP contribution >= 0.6 is 70.1 Å². The van der Waals surface area contributed by atoms with Gasteiger partial charge in [0.2, 0.25) is 41.4 Å². The second-order valence-corrected chi connectivity index (χ2v) is 30.6. The number of thioether (sulfide) groups is 3. The zero-order valence-corrected chi connectivity index (χ0v) is 63.1. The standard InChI is InChI=1S/2C27H24ClN3O6S.C24H20ClN3O4S/c2*1-16(32)36-15-37-26-20(33)9-10-30-25(26)27(34)29-11-12-35-13-22(29)31(30)24-18-6-2-3-8-21(18)38-14-17-5-4-7-19(28)23(17)24;25-16-6-3-4-14-13-33-18-7-2-1-5-15(18)21(20(14)16)28-19-12-32-11-10-26(19)24(31)22-23(30)17(29)8-9-27(22)28/h2*2-10,22,24H,11-15H2,1H3;1-9,19,21,30H,10-13H2/t2*22-,24-;19-,21-/m111/s1. The summed E-state index contributed by atoms with van der Waals surface area (Å²) in [5.74, 6) is -0.911. The molecule has 25 nitrogen and oxygen atoms in total. The third-order valence-electron chi connectivity index (χ3n) is 20.3. The van der Waals surface area contributed by atoms with Crippen LogP contribution in [0.5, 0.6) is 17.2 Å². The highest BCUT2D eigenvalue weighted by molar-refractivity contribution is 7.99. The average molecular weight is 1590 g/mol. The van der Waals surface area contributed by atoms with Crippen molar-refractivity contribution in [3.8, 4) is 17.2 Å². The summed E-state index contributed by atoms with van der Waals surface area (Å²) in [6, 6.07) is 44.8. The molecule has 18 rings (SSSR count). The second kappa shape index (κ2) is 30.9. The van der Waals surface area contributed by atoms with Gasteiger partial charge in [-0.25, -0.2) is 0 Å². The van der Waals surface area contributed by atoms with Crippen molar-refractivity contribution in [2.45, 2.75) is 82.4 Å². The Morgan fingerprint density at radius 2 is 0.752 bits per heavy atom. The predicted molar refractivity (Wildman–Crippen MR) is 408 cm³/mol. The Kier molecular flexibility index (Phi) is 20.8. The number of hydrogen-bond donors (Lipinski definition) is 1. The van der Waals surface area contributed by atoms with E-state index in [1.165, 1.54) is 32.0 Å². The topological polar surface area (TPSA) is 256 Å². The lowest BCUT2D eigenvalue weighted by Crippen LogP contribution is -2.66. The molecule has 3 saturated heterocycles. The molecule has 3 amide bonds. The highest BCUT2D eigenvalue weighted by Gasteiger charge is 2.51. The summed E-state index contributed by atoms with van der Waals surface area (Å²) >= 11 is 25.8. The minimum absolute atomic E-state index is 0.0383. The first-order chi connectivity index (χ1) is 53.0. The number of carbonyl (C=O) groups is 5. The predicted octanol–water partition coefficient (Wildman–Crippen LogP) is 10.4. The molecule has 1 N–H and O–H groups in total. The van der Waals surface area contributed by atoms with Crippen LogP contribution in [0.2, 0.25) is 15.1 Å². The van der Waals surface area contributed by atoms with Crippen LogP contribution in [0.4, 0.5) is 0 Å². The number of benzene rings is 6. The molecule has 3 aromatic heterocycles. The van der Waals surface area contributed by atoms with Crippen molar-refractivity contribution in [2.24, 2.45) is 0 Å². The van der Waals surface area contributed by atoms with Gasteiger partial charge in [-0.1, -0.05) is 126 Å². The Labute approximate surface area is 651 Å². The van der Waals surface area contributed by atoms with Crippen LogP contribution in [0.15, 0.2) is 193 Å². The number of esters is 2. The summed E-state index contributed by atoms with van der Waals surface area (Å²) in [5, 5.41) is 18.6. The molecule has 31 heteroatoms. The number of aromatic hydroxyl groups is 1. The Balaban J connectivity index is 0.000000125. The van der Waals surface area contributed by atoms with Crippen LogP contribution < -0.4 is 40.8 Å². The summed E-state index contributed by atoms with van der Waals surface area (Å²) in [6.45, 7) is 4.51. The summed E-state index contributed by atoms with van der Waals surface area (Å²) in [4.78, 5) is 110. The maximum Gasteiger partial charge on any atom is 0.305 e. The first kappa shape index (κ1) is 73.3. The van der Waals surface area contributed by atoms with E-state index in [1.54, 1.807) is 82.6 Å². The molecule has 0 unspecified atom stereocenters. The fourth-order valence-corrected chi connectivity index (χ4v) is 19.6. The molecule has 9 aromatic rings. The molecular weight excluding hydrogens is 1520 g/mol. The van der Waals surface area contributed by atoms with Crippen LogP contribution in [0.3, 0.4) is 0 Å². The summed E-state index contributed by atoms with van der Waals surface area (Å²) in [7, 11) is 0. The smallest absolute Gasteiger partial charge is 0.305 e. The number of carbonyl (C=O) groups excluding carboxylic acids is 5. The van der Waals surface area contributed by atoms with Crippen molar-refractivity contribution in [1.29, 1.82) is 0 Å². The third kappa shape index (κ3) is 13.4. The van der Waals surface area contributed by atoms with Crippen LogP contribution in [0.25, 0.3) is 0 Å². The zero-order chi connectivity index (χ0) is 75.5. The maximum absolute atomic E-state index is 13.8. The van der Waals surface area contributed by atoms with Gasteiger partial charge in [-0.05, 0) is 69.8 Å². The third-order valence-corrected chi connectivity index (χ3v) is 24.7. The fraction of sp³-hybridized carbons (Fsp3) is 0.282. The lowest BCUT2D eigenvalue weighted by molar-refractivity contribution is -0.148. The van der Waals surface area contributed by atoms with Gasteiger partial charge >= 0.3 is 11.9 Å². The van der Waals surface area contributed by atoms with E-state index in [0.717, 1.165) is 82.0 Å². The molecule has 109 heavy (non-hydrogen) atoms. The lowest BCUT2D eigenvalue weighted by Gasteiger charge is -2.51. The van der Waals surface area contributed by atoms with E-state index in [-0.39, 0.29) is 65.6 Å². The first-order valence-corrected chi connectivity index (χ1v) is 39.0. The molecule has 560 valence electrons. The van der Waals surface area contributed by atoms with E-state index in [4.69, 9.17) is 68.0 Å². The van der Waals surface area contributed by atoms with Gasteiger partial charge in [0.25, 0.3) is 17.7 Å². The number of amides is 3. The van der Waals surface area contributed by atoms with Gasteiger partial charge in [0.15, 0.2) is 22.8 Å². The van der Waals surface area contributed by atoms with Gasteiger partial charge in [0.1, 0.15) is 36.6 Å². The van der Waals surface area contributed by atoms with E-state index in [0.29, 0.717) is 61.1 Å². The summed E-state index contributed by atoms with van der Waals surface area (Å²) in [6.07, 6.45) is 3.33. The van der Waals surface area contributed by atoms with Crippen molar-refractivity contribution in [3.05, 3.63) is 277 Å². The number of morpholine rings is 3. The first-order valence-electron chi connectivity index (χ1n) is 34.9. The van der Waals surface area contributed by atoms with Gasteiger partial charge in [-0.3, -0.25) is 67.4 Å². The molecule has 0 spiro atoms. The normalized spacial score (nSPS) is 20.5. The molecule has 6 atom stereocenters. The van der Waals surface area contributed by atoms with E-state index in [2.05, 4.69) is 54.6 Å². The van der Waals surface area contributed by atoms with E-state index >= 15 is 0 Å². The molecule has 9 aliphatic rings. The van der Waals surface area contributed by atoms with Gasteiger partial charge in [0.05, 0.1) is 39.6 Å². The number of halogens is 3. The van der Waals surface area contributed by atoms with Crippen LogP contribution in [0, 0.1) is 0 Å². The Morgan fingerprint density at radius 3 is 1.10 bits per heavy atom. The van der Waals surface area contributed by atoms with E-state index in [9.17, 15) is 43.5 Å². The minimum atomic E-state index is -0.587. The number of fused-ring (bicyclic) bond motifs is 12. The van der Waals surface area contributed by atoms with E-state index < -0.39 is 78.1 Å². The Hall–Kier alpha value is -9.88. The molecule has 0 bridgehead atoms. The zero-order valence-electron chi connectivity index (χ0n) is 58.4. The number of aromatic nitrogens is 3. The minimum Gasteiger partial charge on any atom is -0.502 e. The van der Waals surface area contributed by atoms with Crippen LogP contribution in [0.1, 0.15) is 114 Å². The highest BCUT2D eigenvalue weighted by atomic mass is 35.5. The maximum atomic E-state index is 13.8. The van der Waals surface area contributed by atoms with Crippen LogP contribution in [-0.4, -0.2) is 155 Å². The molecule has 0 radical (unpaired) electrons.